The van der Waals surface area contributed by atoms with Crippen molar-refractivity contribution in [3.63, 3.8) is 0 Å². The summed E-state index contributed by atoms with van der Waals surface area (Å²) in [4.78, 5) is 0. The molecule has 1 aliphatic rings. The molecule has 2 rings (SSSR count). The number of hydrogen-bond donors (Lipinski definition) is 0. The summed E-state index contributed by atoms with van der Waals surface area (Å²) in [5.41, 5.74) is 0.635. The van der Waals surface area contributed by atoms with Gasteiger partial charge < -0.3 is 8.92 Å². The molecule has 0 N–H and O–H groups in total. The molecule has 5 nitrogen and oxygen atoms in total. The second kappa shape index (κ2) is 4.13. The molecule has 0 aliphatic carbocycles. The maximum absolute atomic E-state index is 11.7. The first-order chi connectivity index (χ1) is 8.21. The predicted octanol–water partition coefficient (Wildman–Crippen LogP) is 1.59. The summed E-state index contributed by atoms with van der Waals surface area (Å²) in [5, 5.41) is 0. The van der Waals surface area contributed by atoms with Crippen LogP contribution in [0.5, 0.6) is 11.5 Å². The van der Waals surface area contributed by atoms with E-state index in [2.05, 4.69) is 0 Å². The Balaban J connectivity index is 2.36. The first kappa shape index (κ1) is 13.2. The summed E-state index contributed by atoms with van der Waals surface area (Å²) in [6.07, 6.45) is 0.738. The Labute approximate surface area is 108 Å². The van der Waals surface area contributed by atoms with Gasteiger partial charge in [-0.2, -0.15) is 12.7 Å². The highest BCUT2D eigenvalue weighted by atomic mass is 32.2. The van der Waals surface area contributed by atoms with E-state index >= 15 is 0 Å². The van der Waals surface area contributed by atoms with E-state index in [1.54, 1.807) is 12.1 Å². The second-order valence-electron chi connectivity index (χ2n) is 5.11. The molecule has 1 heterocycles. The third-order valence-electron chi connectivity index (χ3n) is 2.70. The lowest BCUT2D eigenvalue weighted by Gasteiger charge is -2.18. The van der Waals surface area contributed by atoms with Crippen LogP contribution in [0.25, 0.3) is 0 Å². The minimum atomic E-state index is -3.76. The number of nitrogens with zero attached hydrogens (tertiary/aromatic N) is 1. The lowest BCUT2D eigenvalue weighted by atomic mass is 10.0. The van der Waals surface area contributed by atoms with Gasteiger partial charge in [-0.05, 0) is 19.9 Å². The molecule has 100 valence electrons. The van der Waals surface area contributed by atoms with Crippen molar-refractivity contribution in [2.75, 3.05) is 14.1 Å². The molecule has 0 atom stereocenters. The van der Waals surface area contributed by atoms with E-state index in [1.165, 1.54) is 14.1 Å². The topological polar surface area (TPSA) is 55.8 Å². The lowest BCUT2D eigenvalue weighted by Crippen LogP contribution is -2.27. The van der Waals surface area contributed by atoms with Crippen molar-refractivity contribution in [1.82, 2.24) is 4.31 Å². The van der Waals surface area contributed by atoms with Crippen LogP contribution in [0.2, 0.25) is 0 Å². The van der Waals surface area contributed by atoms with Gasteiger partial charge in [0.2, 0.25) is 0 Å². The molecule has 0 amide bonds. The zero-order valence-electron chi connectivity index (χ0n) is 10.9. The van der Waals surface area contributed by atoms with Gasteiger partial charge in [-0.1, -0.05) is 12.1 Å². The molecule has 0 radical (unpaired) electrons. The molecular weight excluding hydrogens is 254 g/mol. The Bertz CT molecular complexity index is 563. The van der Waals surface area contributed by atoms with Gasteiger partial charge in [0, 0.05) is 26.1 Å². The van der Waals surface area contributed by atoms with Gasteiger partial charge in [-0.25, -0.2) is 0 Å². The molecular formula is C12H17NO4S. The standard InChI is InChI=1S/C12H17NO4S/c1-12(2)8-9-6-5-7-10(11(9)16-12)17-18(14,15)13(3)4/h5-7H,8H2,1-4H3. The van der Waals surface area contributed by atoms with E-state index in [0.29, 0.717) is 5.75 Å². The van der Waals surface area contributed by atoms with Gasteiger partial charge in [0.15, 0.2) is 11.5 Å². The molecule has 18 heavy (non-hydrogen) atoms. The van der Waals surface area contributed by atoms with Gasteiger partial charge >= 0.3 is 10.3 Å². The van der Waals surface area contributed by atoms with E-state index in [4.69, 9.17) is 8.92 Å². The van der Waals surface area contributed by atoms with Crippen LogP contribution in [0.4, 0.5) is 0 Å². The quantitative estimate of drug-likeness (QED) is 0.837. The number of benzene rings is 1. The number of ether oxygens (including phenoxy) is 1. The lowest BCUT2D eigenvalue weighted by molar-refractivity contribution is 0.135. The van der Waals surface area contributed by atoms with Crippen LogP contribution in [0, 0.1) is 0 Å². The third-order valence-corrected chi connectivity index (χ3v) is 3.98. The van der Waals surface area contributed by atoms with Gasteiger partial charge in [-0.3, -0.25) is 0 Å². The monoisotopic (exact) mass is 271 g/mol. The summed E-state index contributed by atoms with van der Waals surface area (Å²) >= 11 is 0. The van der Waals surface area contributed by atoms with E-state index < -0.39 is 10.3 Å². The van der Waals surface area contributed by atoms with Crippen LogP contribution in [0.15, 0.2) is 18.2 Å². The Morgan fingerprint density at radius 2 is 2.00 bits per heavy atom. The molecule has 0 saturated heterocycles. The smallest absolute Gasteiger partial charge is 0.384 e. The summed E-state index contributed by atoms with van der Waals surface area (Å²) in [7, 11) is -0.917. The first-order valence-corrected chi connectivity index (χ1v) is 7.01. The minimum absolute atomic E-state index is 0.242. The van der Waals surface area contributed by atoms with Crippen LogP contribution >= 0.6 is 0 Å². The molecule has 1 aromatic carbocycles. The Kier molecular flexibility index (Phi) is 3.03. The average molecular weight is 271 g/mol. The first-order valence-electron chi connectivity index (χ1n) is 5.64. The molecule has 0 spiro atoms. The highest BCUT2D eigenvalue weighted by molar-refractivity contribution is 7.84. The van der Waals surface area contributed by atoms with E-state index in [1.807, 2.05) is 19.9 Å². The molecule has 1 aromatic rings. The Morgan fingerprint density at radius 3 is 2.61 bits per heavy atom. The van der Waals surface area contributed by atoms with Crippen molar-refractivity contribution in [2.45, 2.75) is 25.9 Å². The van der Waals surface area contributed by atoms with E-state index in [9.17, 15) is 8.42 Å². The molecule has 0 unspecified atom stereocenters. The van der Waals surface area contributed by atoms with Crippen LogP contribution in [0.3, 0.4) is 0 Å². The van der Waals surface area contributed by atoms with Crippen LogP contribution in [-0.4, -0.2) is 32.4 Å². The maximum atomic E-state index is 11.7. The van der Waals surface area contributed by atoms with Gasteiger partial charge in [0.25, 0.3) is 0 Å². The highest BCUT2D eigenvalue weighted by Gasteiger charge is 2.33. The van der Waals surface area contributed by atoms with Crippen LogP contribution in [0.1, 0.15) is 19.4 Å². The van der Waals surface area contributed by atoms with E-state index in [-0.39, 0.29) is 11.4 Å². The average Bonchev–Trinajstić information content (AvgIpc) is 2.52. The van der Waals surface area contributed by atoms with Crippen LogP contribution < -0.4 is 8.92 Å². The zero-order valence-corrected chi connectivity index (χ0v) is 11.7. The molecule has 0 fully saturated rings. The van der Waals surface area contributed by atoms with E-state index in [0.717, 1.165) is 16.3 Å². The third kappa shape index (κ3) is 2.44. The van der Waals surface area contributed by atoms with Crippen LogP contribution in [-0.2, 0) is 16.7 Å². The zero-order chi connectivity index (χ0) is 13.6. The largest absolute Gasteiger partial charge is 0.483 e. The summed E-state index contributed by atoms with van der Waals surface area (Å²) in [6, 6.07) is 5.28. The second-order valence-corrected chi connectivity index (χ2v) is 6.86. The maximum Gasteiger partial charge on any atom is 0.384 e. The minimum Gasteiger partial charge on any atom is -0.483 e. The number of fused-ring (bicyclic) bond motifs is 1. The number of hydrogen-bond acceptors (Lipinski definition) is 4. The van der Waals surface area contributed by atoms with Crippen molar-refractivity contribution >= 4 is 10.3 Å². The summed E-state index contributed by atoms with van der Waals surface area (Å²) in [5.74, 6) is 0.764. The fraction of sp³-hybridized carbons (Fsp3) is 0.500. The fourth-order valence-electron chi connectivity index (χ4n) is 1.84. The molecule has 0 bridgehead atoms. The predicted molar refractivity (Wildman–Crippen MR) is 68.1 cm³/mol. The number of para-hydroxylation sites is 1. The fourth-order valence-corrected chi connectivity index (χ4v) is 2.35. The Morgan fingerprint density at radius 1 is 1.33 bits per heavy atom. The molecule has 0 aromatic heterocycles. The van der Waals surface area contributed by atoms with Crippen molar-refractivity contribution in [1.29, 1.82) is 0 Å². The van der Waals surface area contributed by atoms with Crippen molar-refractivity contribution in [3.8, 4) is 11.5 Å². The van der Waals surface area contributed by atoms with Crippen molar-refractivity contribution in [2.24, 2.45) is 0 Å². The molecule has 6 heteroatoms. The van der Waals surface area contributed by atoms with Crippen molar-refractivity contribution in [3.05, 3.63) is 23.8 Å². The summed E-state index contributed by atoms with van der Waals surface area (Å²) < 4.78 is 35.3. The van der Waals surface area contributed by atoms with Crippen molar-refractivity contribution < 1.29 is 17.3 Å². The molecule has 0 saturated carbocycles. The number of rotatable bonds is 3. The molecule has 1 aliphatic heterocycles. The summed E-state index contributed by atoms with van der Waals surface area (Å²) in [6.45, 7) is 3.91. The Hall–Kier alpha value is -1.27. The highest BCUT2D eigenvalue weighted by Crippen LogP contribution is 2.42. The normalized spacial score (nSPS) is 17.4. The SMILES string of the molecule is CN(C)S(=O)(=O)Oc1cccc2c1OC(C)(C)C2. The van der Waals surface area contributed by atoms with Gasteiger partial charge in [0.05, 0.1) is 0 Å². The van der Waals surface area contributed by atoms with Gasteiger partial charge in [0.1, 0.15) is 5.60 Å². The van der Waals surface area contributed by atoms with Gasteiger partial charge in [-0.15, -0.1) is 0 Å².